The van der Waals surface area contributed by atoms with E-state index in [1.54, 1.807) is 0 Å². The number of nitrogens with one attached hydrogen (secondary N) is 1. The van der Waals surface area contributed by atoms with Crippen LogP contribution in [0.4, 0.5) is 13.2 Å². The Bertz CT molecular complexity index is 188. The lowest BCUT2D eigenvalue weighted by Crippen LogP contribution is -2.25. The van der Waals surface area contributed by atoms with Gasteiger partial charge in [0.1, 0.15) is 0 Å². The lowest BCUT2D eigenvalue weighted by atomic mass is 10.3. The minimum Gasteiger partial charge on any atom is -0.481 e. The second kappa shape index (κ2) is 4.08. The molecule has 0 fully saturated rings. The van der Waals surface area contributed by atoms with Crippen LogP contribution in [0.15, 0.2) is 0 Å². The Hall–Kier alpha value is -1.07. The fraction of sp³-hybridized carbons (Fsp3) is 0.667. The van der Waals surface area contributed by atoms with E-state index in [4.69, 9.17) is 5.41 Å². The van der Waals surface area contributed by atoms with Crippen LogP contribution in [0.2, 0.25) is 0 Å². The van der Waals surface area contributed by atoms with Gasteiger partial charge in [-0.3, -0.25) is 10.2 Å². The van der Waals surface area contributed by atoms with Crippen molar-refractivity contribution >= 4 is 11.7 Å². The maximum Gasteiger partial charge on any atom is 0.450 e. The van der Waals surface area contributed by atoms with E-state index >= 15 is 0 Å². The van der Waals surface area contributed by atoms with Gasteiger partial charge in [-0.05, 0) is 6.92 Å². The molecule has 0 saturated carbocycles. The van der Waals surface area contributed by atoms with Crippen LogP contribution in [-0.4, -0.2) is 24.5 Å². The van der Waals surface area contributed by atoms with Gasteiger partial charge < -0.3 is 4.74 Å². The molecule has 0 saturated heterocycles. The molecule has 0 aromatic heterocycles. The molecule has 0 amide bonds. The zero-order chi connectivity index (χ0) is 9.78. The third kappa shape index (κ3) is 3.95. The SMILES string of the molecule is CCOC(=N)CC(=O)C(F)(F)F. The van der Waals surface area contributed by atoms with E-state index in [1.165, 1.54) is 6.92 Å². The first-order chi connectivity index (χ1) is 5.38. The van der Waals surface area contributed by atoms with Crippen molar-refractivity contribution in [1.29, 1.82) is 5.41 Å². The fourth-order valence-electron chi connectivity index (χ4n) is 0.471. The van der Waals surface area contributed by atoms with Gasteiger partial charge in [-0.1, -0.05) is 0 Å². The van der Waals surface area contributed by atoms with Crippen molar-refractivity contribution in [2.75, 3.05) is 6.61 Å². The summed E-state index contributed by atoms with van der Waals surface area (Å²) in [4.78, 5) is 10.2. The predicted molar refractivity (Wildman–Crippen MR) is 35.0 cm³/mol. The molecule has 0 aliphatic carbocycles. The maximum atomic E-state index is 11.5. The van der Waals surface area contributed by atoms with Crippen molar-refractivity contribution in [3.63, 3.8) is 0 Å². The largest absolute Gasteiger partial charge is 0.481 e. The van der Waals surface area contributed by atoms with E-state index in [2.05, 4.69) is 4.74 Å². The van der Waals surface area contributed by atoms with Gasteiger partial charge in [-0.2, -0.15) is 13.2 Å². The molecule has 70 valence electrons. The molecule has 0 aromatic carbocycles. The summed E-state index contributed by atoms with van der Waals surface area (Å²) in [5.74, 6) is -2.61. The average Bonchev–Trinajstić information content (AvgIpc) is 1.85. The van der Waals surface area contributed by atoms with Crippen LogP contribution in [0.3, 0.4) is 0 Å². The summed E-state index contributed by atoms with van der Waals surface area (Å²) in [5, 5.41) is 6.76. The van der Waals surface area contributed by atoms with Gasteiger partial charge in [0, 0.05) is 0 Å². The summed E-state index contributed by atoms with van der Waals surface area (Å²) in [6.07, 6.45) is -5.89. The molecule has 0 heterocycles. The van der Waals surface area contributed by atoms with E-state index in [0.717, 1.165) is 0 Å². The van der Waals surface area contributed by atoms with Crippen LogP contribution in [-0.2, 0) is 9.53 Å². The molecule has 0 bridgehead atoms. The molecule has 3 nitrogen and oxygen atoms in total. The highest BCUT2D eigenvalue weighted by atomic mass is 19.4. The topological polar surface area (TPSA) is 50.1 Å². The summed E-state index contributed by atoms with van der Waals surface area (Å²) in [7, 11) is 0. The van der Waals surface area contributed by atoms with Gasteiger partial charge in [-0.15, -0.1) is 0 Å². The molecule has 1 N–H and O–H groups in total. The summed E-state index contributed by atoms with van der Waals surface area (Å²) in [6, 6.07) is 0. The summed E-state index contributed by atoms with van der Waals surface area (Å²) >= 11 is 0. The first-order valence-electron chi connectivity index (χ1n) is 3.18. The highest BCUT2D eigenvalue weighted by molar-refractivity contribution is 5.99. The van der Waals surface area contributed by atoms with Gasteiger partial charge >= 0.3 is 6.18 Å². The molecule has 0 spiro atoms. The number of halogens is 3. The van der Waals surface area contributed by atoms with Crippen molar-refractivity contribution < 1.29 is 22.7 Å². The zero-order valence-corrected chi connectivity index (χ0v) is 6.36. The van der Waals surface area contributed by atoms with E-state index in [0.29, 0.717) is 0 Å². The zero-order valence-electron chi connectivity index (χ0n) is 6.36. The minimum atomic E-state index is -4.87. The molecule has 12 heavy (non-hydrogen) atoms. The maximum absolute atomic E-state index is 11.5. The van der Waals surface area contributed by atoms with Crippen LogP contribution in [0.5, 0.6) is 0 Å². The van der Waals surface area contributed by atoms with E-state index in [9.17, 15) is 18.0 Å². The number of rotatable bonds is 3. The molecule has 0 aliphatic heterocycles. The van der Waals surface area contributed by atoms with Crippen molar-refractivity contribution in [3.8, 4) is 0 Å². The Morgan fingerprint density at radius 1 is 1.50 bits per heavy atom. The first-order valence-corrected chi connectivity index (χ1v) is 3.18. The van der Waals surface area contributed by atoms with Crippen LogP contribution in [0.1, 0.15) is 13.3 Å². The Morgan fingerprint density at radius 3 is 2.33 bits per heavy atom. The van der Waals surface area contributed by atoms with Crippen LogP contribution < -0.4 is 0 Å². The van der Waals surface area contributed by atoms with Gasteiger partial charge in [-0.25, -0.2) is 0 Å². The lowest BCUT2D eigenvalue weighted by molar-refractivity contribution is -0.169. The monoisotopic (exact) mass is 183 g/mol. The highest BCUT2D eigenvalue weighted by Crippen LogP contribution is 2.17. The Labute approximate surface area is 67.0 Å². The summed E-state index contributed by atoms with van der Waals surface area (Å²) in [5.41, 5.74) is 0. The molecule has 6 heteroatoms. The Balaban J connectivity index is 3.94. The van der Waals surface area contributed by atoms with Gasteiger partial charge in [0.2, 0.25) is 5.78 Å². The van der Waals surface area contributed by atoms with Gasteiger partial charge in [0.15, 0.2) is 5.90 Å². The van der Waals surface area contributed by atoms with Crippen molar-refractivity contribution in [2.45, 2.75) is 19.5 Å². The second-order valence-electron chi connectivity index (χ2n) is 1.95. The quantitative estimate of drug-likeness (QED) is 0.532. The summed E-state index contributed by atoms with van der Waals surface area (Å²) < 4.78 is 39.0. The average molecular weight is 183 g/mol. The number of carbonyl (C=O) groups excluding carboxylic acids is 1. The molecule has 0 aromatic rings. The number of alkyl halides is 3. The van der Waals surface area contributed by atoms with Crippen molar-refractivity contribution in [1.82, 2.24) is 0 Å². The third-order valence-electron chi connectivity index (χ3n) is 0.956. The Morgan fingerprint density at radius 2 is 2.00 bits per heavy atom. The lowest BCUT2D eigenvalue weighted by Gasteiger charge is -2.05. The molecule has 0 atom stereocenters. The normalized spacial score (nSPS) is 11.0. The number of Topliss-reactive ketones (excluding diaryl/α,β-unsaturated/α-hetero) is 1. The van der Waals surface area contributed by atoms with E-state index < -0.39 is 24.3 Å². The second-order valence-corrected chi connectivity index (χ2v) is 1.95. The Kier molecular flexibility index (Phi) is 3.72. The highest BCUT2D eigenvalue weighted by Gasteiger charge is 2.38. The minimum absolute atomic E-state index is 0.0873. The van der Waals surface area contributed by atoms with Gasteiger partial charge in [0.25, 0.3) is 0 Å². The molecule has 0 radical (unpaired) electrons. The van der Waals surface area contributed by atoms with E-state index in [1.807, 2.05) is 0 Å². The van der Waals surface area contributed by atoms with Crippen molar-refractivity contribution in [2.24, 2.45) is 0 Å². The third-order valence-corrected chi connectivity index (χ3v) is 0.956. The molecule has 0 unspecified atom stereocenters. The number of carbonyl (C=O) groups is 1. The number of hydrogen-bond acceptors (Lipinski definition) is 3. The molecule has 0 rings (SSSR count). The van der Waals surface area contributed by atoms with Crippen LogP contribution >= 0.6 is 0 Å². The standard InChI is InChI=1S/C6H8F3NO2/c1-2-12-5(10)3-4(11)6(7,8)9/h10H,2-3H2,1H3. The molecule has 0 aliphatic rings. The predicted octanol–water partition coefficient (Wildman–Crippen LogP) is 1.52. The fourth-order valence-corrected chi connectivity index (χ4v) is 0.471. The number of ketones is 1. The first kappa shape index (κ1) is 10.9. The number of hydrogen-bond donors (Lipinski definition) is 1. The van der Waals surface area contributed by atoms with Crippen LogP contribution in [0.25, 0.3) is 0 Å². The number of ether oxygens (including phenoxy) is 1. The van der Waals surface area contributed by atoms with Crippen LogP contribution in [0, 0.1) is 5.41 Å². The summed E-state index contributed by atoms with van der Waals surface area (Å²) in [6.45, 7) is 1.61. The smallest absolute Gasteiger partial charge is 0.450 e. The molecular formula is C6H8F3NO2. The van der Waals surface area contributed by atoms with E-state index in [-0.39, 0.29) is 6.61 Å². The van der Waals surface area contributed by atoms with Gasteiger partial charge in [0.05, 0.1) is 13.0 Å². The molecular weight excluding hydrogens is 175 g/mol. The van der Waals surface area contributed by atoms with Crippen molar-refractivity contribution in [3.05, 3.63) is 0 Å².